The van der Waals surface area contributed by atoms with Crippen molar-refractivity contribution >= 4 is 21.1 Å². The van der Waals surface area contributed by atoms with E-state index in [9.17, 15) is 0 Å². The zero-order valence-electron chi connectivity index (χ0n) is 6.49. The monoisotopic (exact) mass is 176 g/mol. The van der Waals surface area contributed by atoms with Crippen LogP contribution in [0, 0.1) is 0 Å². The molecule has 0 bridgehead atoms. The van der Waals surface area contributed by atoms with Crippen molar-refractivity contribution in [1.82, 2.24) is 0 Å². The Labute approximate surface area is 73.6 Å². The number of hydrogen-bond donors (Lipinski definition) is 1. The Balaban J connectivity index is 2.49. The van der Waals surface area contributed by atoms with Crippen molar-refractivity contribution in [2.24, 2.45) is 4.99 Å². The molecule has 1 aromatic rings. The molecule has 0 saturated heterocycles. The minimum atomic E-state index is 0.983. The number of benzene rings is 1. The predicted molar refractivity (Wildman–Crippen MR) is 55.5 cm³/mol. The molecule has 0 radical (unpaired) electrons. The molecule has 1 aliphatic rings. The Morgan fingerprint density at radius 3 is 3.00 bits per heavy atom. The molecule has 0 aliphatic carbocycles. The third kappa shape index (κ3) is 1.39. The molecule has 1 unspecified atom stereocenters. The Morgan fingerprint density at radius 1 is 1.25 bits per heavy atom. The van der Waals surface area contributed by atoms with Gasteiger partial charge < -0.3 is 5.32 Å². The Hall–Kier alpha value is -1.14. The summed E-state index contributed by atoms with van der Waals surface area (Å²) < 4.78 is 0. The van der Waals surface area contributed by atoms with Crippen molar-refractivity contribution < 1.29 is 0 Å². The van der Waals surface area contributed by atoms with Gasteiger partial charge in [-0.05, 0) is 6.07 Å². The molecule has 0 amide bonds. The van der Waals surface area contributed by atoms with Gasteiger partial charge in [0.05, 0.1) is 11.6 Å². The van der Waals surface area contributed by atoms with Crippen LogP contribution < -0.4 is 5.32 Å². The fourth-order valence-electron chi connectivity index (χ4n) is 1.11. The van der Waals surface area contributed by atoms with Crippen LogP contribution >= 0.6 is 9.24 Å². The maximum Gasteiger partial charge on any atom is 0.0509 e. The number of aliphatic imine (C=N–C) groups is 1. The van der Waals surface area contributed by atoms with Crippen LogP contribution in [0.5, 0.6) is 0 Å². The number of rotatable bonds is 0. The van der Waals surface area contributed by atoms with Gasteiger partial charge in [-0.3, -0.25) is 4.99 Å². The number of nitrogens with one attached hydrogen (secondary N) is 1. The van der Waals surface area contributed by atoms with Gasteiger partial charge in [-0.15, -0.1) is 0 Å². The highest BCUT2D eigenvalue weighted by Crippen LogP contribution is 2.19. The van der Waals surface area contributed by atoms with Crippen LogP contribution in [0.15, 0.2) is 40.9 Å². The van der Waals surface area contributed by atoms with E-state index >= 15 is 0 Å². The van der Waals surface area contributed by atoms with E-state index in [0.717, 1.165) is 16.7 Å². The zero-order chi connectivity index (χ0) is 8.39. The fraction of sp³-hybridized carbons (Fsp3) is 0. The minimum Gasteiger partial charge on any atom is -0.354 e. The number of anilines is 1. The molecule has 12 heavy (non-hydrogen) atoms. The van der Waals surface area contributed by atoms with Gasteiger partial charge in [-0.25, -0.2) is 0 Å². The molecule has 1 heterocycles. The van der Waals surface area contributed by atoms with Crippen LogP contribution in [0.4, 0.5) is 5.69 Å². The van der Waals surface area contributed by atoms with E-state index in [1.807, 2.05) is 30.5 Å². The molecule has 3 heteroatoms. The molecule has 1 aromatic carbocycles. The average molecular weight is 176 g/mol. The van der Waals surface area contributed by atoms with E-state index in [2.05, 4.69) is 19.5 Å². The van der Waals surface area contributed by atoms with Gasteiger partial charge in [0.2, 0.25) is 0 Å². The van der Waals surface area contributed by atoms with Gasteiger partial charge in [0.25, 0.3) is 0 Å². The maximum atomic E-state index is 4.12. The summed E-state index contributed by atoms with van der Waals surface area (Å²) in [6, 6.07) is 8.07. The topological polar surface area (TPSA) is 24.4 Å². The van der Waals surface area contributed by atoms with E-state index in [0.29, 0.717) is 0 Å². The van der Waals surface area contributed by atoms with Gasteiger partial charge in [-0.2, -0.15) is 0 Å². The molecule has 0 spiro atoms. The molecule has 0 aromatic heterocycles. The van der Waals surface area contributed by atoms with Gasteiger partial charge >= 0.3 is 0 Å². The number of nitrogens with zero attached hydrogens (tertiary/aromatic N) is 1. The average Bonchev–Trinajstić information content (AvgIpc) is 2.25. The molecule has 60 valence electrons. The zero-order valence-corrected chi connectivity index (χ0v) is 7.64. The van der Waals surface area contributed by atoms with Crippen LogP contribution in [0.2, 0.25) is 0 Å². The second-order valence-electron chi connectivity index (χ2n) is 2.57. The van der Waals surface area contributed by atoms with Crippen LogP contribution in [0.1, 0.15) is 5.56 Å². The van der Waals surface area contributed by atoms with Crippen molar-refractivity contribution in [3.63, 3.8) is 0 Å². The summed E-state index contributed by atoms with van der Waals surface area (Å²) in [6.45, 7) is 0. The van der Waals surface area contributed by atoms with Crippen molar-refractivity contribution in [3.8, 4) is 0 Å². The lowest BCUT2D eigenvalue weighted by Gasteiger charge is -2.05. The third-order valence-corrected chi connectivity index (χ3v) is 1.96. The van der Waals surface area contributed by atoms with E-state index in [1.165, 1.54) is 0 Å². The van der Waals surface area contributed by atoms with Crippen molar-refractivity contribution in [2.75, 3.05) is 5.32 Å². The standard InChI is InChI=1S/C9H9N2P/c12-9-6-10-5-7-3-1-2-4-8(7)11-9/h1-6,11H,12H2. The van der Waals surface area contributed by atoms with E-state index < -0.39 is 0 Å². The van der Waals surface area contributed by atoms with E-state index in [1.54, 1.807) is 6.20 Å². The van der Waals surface area contributed by atoms with E-state index in [4.69, 9.17) is 0 Å². The predicted octanol–water partition coefficient (Wildman–Crippen LogP) is 2.20. The smallest absolute Gasteiger partial charge is 0.0509 e. The van der Waals surface area contributed by atoms with Crippen LogP contribution in [-0.4, -0.2) is 6.21 Å². The molecule has 1 atom stereocenters. The van der Waals surface area contributed by atoms with Crippen molar-refractivity contribution in [2.45, 2.75) is 0 Å². The first kappa shape index (κ1) is 7.51. The summed E-state index contributed by atoms with van der Waals surface area (Å²) in [5, 5.41) is 3.22. The lowest BCUT2D eigenvalue weighted by Crippen LogP contribution is -1.93. The summed E-state index contributed by atoms with van der Waals surface area (Å²) in [5.74, 6) is 0. The number of hydrogen-bond acceptors (Lipinski definition) is 2. The lowest BCUT2D eigenvalue weighted by molar-refractivity contribution is 1.52. The summed E-state index contributed by atoms with van der Waals surface area (Å²) in [6.07, 6.45) is 3.63. The maximum absolute atomic E-state index is 4.12. The first-order valence-electron chi connectivity index (χ1n) is 3.71. The third-order valence-electron chi connectivity index (χ3n) is 1.67. The second-order valence-corrected chi connectivity index (χ2v) is 3.20. The van der Waals surface area contributed by atoms with Crippen molar-refractivity contribution in [3.05, 3.63) is 41.5 Å². The normalized spacial score (nSPS) is 14.2. The molecule has 1 N–H and O–H groups in total. The summed E-state index contributed by atoms with van der Waals surface area (Å²) >= 11 is 0. The second kappa shape index (κ2) is 3.08. The summed E-state index contributed by atoms with van der Waals surface area (Å²) in [5.41, 5.74) is 3.20. The molecule has 2 nitrogen and oxygen atoms in total. The van der Waals surface area contributed by atoms with Gasteiger partial charge in [0, 0.05) is 17.5 Å². The highest BCUT2D eigenvalue weighted by atomic mass is 31.0. The Bertz CT molecular complexity index is 355. The largest absolute Gasteiger partial charge is 0.354 e. The SMILES string of the molecule is PC1=CN=Cc2ccccc2N1. The van der Waals surface area contributed by atoms with Gasteiger partial charge in [0.1, 0.15) is 0 Å². The van der Waals surface area contributed by atoms with Gasteiger partial charge in [-0.1, -0.05) is 27.4 Å². The highest BCUT2D eigenvalue weighted by molar-refractivity contribution is 7.22. The van der Waals surface area contributed by atoms with Crippen molar-refractivity contribution in [1.29, 1.82) is 0 Å². The van der Waals surface area contributed by atoms with E-state index in [-0.39, 0.29) is 0 Å². The first-order valence-corrected chi connectivity index (χ1v) is 4.29. The Kier molecular flexibility index (Phi) is 1.92. The number of fused-ring (bicyclic) bond motifs is 1. The molecule has 2 rings (SSSR count). The summed E-state index contributed by atoms with van der Waals surface area (Å²) in [7, 11) is 2.60. The van der Waals surface area contributed by atoms with Crippen LogP contribution in [0.25, 0.3) is 0 Å². The Morgan fingerprint density at radius 2 is 2.08 bits per heavy atom. The molecule has 0 saturated carbocycles. The van der Waals surface area contributed by atoms with Gasteiger partial charge in [0.15, 0.2) is 0 Å². The first-order chi connectivity index (χ1) is 5.86. The molecular weight excluding hydrogens is 167 g/mol. The van der Waals surface area contributed by atoms with Crippen LogP contribution in [0.3, 0.4) is 0 Å². The summed E-state index contributed by atoms with van der Waals surface area (Å²) in [4.78, 5) is 4.12. The molecule has 0 fully saturated rings. The molecule has 1 aliphatic heterocycles. The molecular formula is C9H9N2P. The quantitative estimate of drug-likeness (QED) is 0.602. The number of para-hydroxylation sites is 1. The highest BCUT2D eigenvalue weighted by Gasteiger charge is 2.00. The van der Waals surface area contributed by atoms with Crippen LogP contribution in [-0.2, 0) is 0 Å². The lowest BCUT2D eigenvalue weighted by atomic mass is 10.2. The fourth-order valence-corrected chi connectivity index (χ4v) is 1.35. The minimum absolute atomic E-state index is 0.983.